The molecule has 2 N–H and O–H groups in total. The Labute approximate surface area is 131 Å². The van der Waals surface area contributed by atoms with Crippen LogP contribution in [0.3, 0.4) is 0 Å². The van der Waals surface area contributed by atoms with Gasteiger partial charge in [-0.25, -0.2) is 4.79 Å². The molecule has 5 nitrogen and oxygen atoms in total. The molecular weight excluding hydrogens is 276 g/mol. The molecule has 1 aromatic carbocycles. The third-order valence-corrected chi connectivity index (χ3v) is 4.94. The predicted molar refractivity (Wildman–Crippen MR) is 85.6 cm³/mol. The Balaban J connectivity index is 1.47. The zero-order valence-electron chi connectivity index (χ0n) is 12.8. The first kappa shape index (κ1) is 14.9. The number of nitrogens with one attached hydrogen (secondary N) is 2. The third-order valence-electron chi connectivity index (χ3n) is 4.94. The average Bonchev–Trinajstić information content (AvgIpc) is 3.07. The predicted octanol–water partition coefficient (Wildman–Crippen LogP) is 2.70. The summed E-state index contributed by atoms with van der Waals surface area (Å²) in [6.07, 6.45) is 6.12. The lowest BCUT2D eigenvalue weighted by Gasteiger charge is -2.32. The zero-order chi connectivity index (χ0) is 15.4. The number of nitriles is 1. The standard InChI is InChI=1S/C17H22N4O/c18-13-14-4-1-5-15(12-14)20-16(22)19-9-8-17-6-2-10-21(17)11-3-7-17/h1,4-5,12H,2-3,6-11H2,(H2,19,20,22). The van der Waals surface area contributed by atoms with E-state index in [0.717, 1.165) is 6.42 Å². The maximum atomic E-state index is 12.0. The van der Waals surface area contributed by atoms with E-state index in [1.54, 1.807) is 24.3 Å². The number of hydrogen-bond donors (Lipinski definition) is 2. The van der Waals surface area contributed by atoms with Crippen LogP contribution in [0.4, 0.5) is 10.5 Å². The van der Waals surface area contributed by atoms with Crippen molar-refractivity contribution in [1.82, 2.24) is 10.2 Å². The maximum Gasteiger partial charge on any atom is 0.319 e. The first-order valence-electron chi connectivity index (χ1n) is 8.02. The minimum Gasteiger partial charge on any atom is -0.338 e. The molecule has 3 rings (SSSR count). The van der Waals surface area contributed by atoms with Crippen molar-refractivity contribution in [3.63, 3.8) is 0 Å². The van der Waals surface area contributed by atoms with Crippen molar-refractivity contribution < 1.29 is 4.79 Å². The minimum atomic E-state index is -0.200. The normalized spacial score (nSPS) is 19.4. The first-order valence-corrected chi connectivity index (χ1v) is 8.02. The summed E-state index contributed by atoms with van der Waals surface area (Å²) in [7, 11) is 0. The number of amides is 2. The van der Waals surface area contributed by atoms with Gasteiger partial charge in [0, 0.05) is 17.8 Å². The van der Waals surface area contributed by atoms with Crippen molar-refractivity contribution in [2.75, 3.05) is 25.0 Å². The quantitative estimate of drug-likeness (QED) is 0.898. The highest BCUT2D eigenvalue weighted by Gasteiger charge is 2.43. The number of nitrogens with zero attached hydrogens (tertiary/aromatic N) is 2. The zero-order valence-corrected chi connectivity index (χ0v) is 12.8. The Hall–Kier alpha value is -2.06. The molecule has 2 heterocycles. The van der Waals surface area contributed by atoms with Crippen LogP contribution in [-0.2, 0) is 0 Å². The highest BCUT2D eigenvalue weighted by Crippen LogP contribution is 2.40. The Bertz CT molecular complexity index is 583. The van der Waals surface area contributed by atoms with Gasteiger partial charge in [0.1, 0.15) is 0 Å². The summed E-state index contributed by atoms with van der Waals surface area (Å²) in [6.45, 7) is 3.13. The smallest absolute Gasteiger partial charge is 0.319 e. The molecule has 1 aromatic rings. The molecule has 0 saturated carbocycles. The number of anilines is 1. The lowest BCUT2D eigenvalue weighted by molar-refractivity contribution is 0.181. The first-order chi connectivity index (χ1) is 10.7. The lowest BCUT2D eigenvalue weighted by Crippen LogP contribution is -2.42. The second-order valence-electron chi connectivity index (χ2n) is 6.24. The number of benzene rings is 1. The van der Waals surface area contributed by atoms with Crippen LogP contribution in [0, 0.1) is 11.3 Å². The van der Waals surface area contributed by atoms with E-state index in [1.807, 2.05) is 0 Å². The van der Waals surface area contributed by atoms with Gasteiger partial charge in [0.05, 0.1) is 11.6 Å². The number of carbonyl (C=O) groups is 1. The van der Waals surface area contributed by atoms with Crippen LogP contribution >= 0.6 is 0 Å². The summed E-state index contributed by atoms with van der Waals surface area (Å²) >= 11 is 0. The van der Waals surface area contributed by atoms with Gasteiger partial charge in [-0.3, -0.25) is 4.90 Å². The molecule has 0 radical (unpaired) electrons. The lowest BCUT2D eigenvalue weighted by atomic mass is 9.90. The van der Waals surface area contributed by atoms with E-state index < -0.39 is 0 Å². The van der Waals surface area contributed by atoms with Crippen LogP contribution in [0.25, 0.3) is 0 Å². The van der Waals surface area contributed by atoms with Crippen molar-refractivity contribution in [2.45, 2.75) is 37.6 Å². The minimum absolute atomic E-state index is 0.200. The SMILES string of the molecule is N#Cc1cccc(NC(=O)NCCC23CCCN2CCC3)c1. The number of carbonyl (C=O) groups excluding carboxylic acids is 1. The van der Waals surface area contributed by atoms with Gasteiger partial charge in [0.2, 0.25) is 0 Å². The van der Waals surface area contributed by atoms with Crippen molar-refractivity contribution in [3.05, 3.63) is 29.8 Å². The summed E-state index contributed by atoms with van der Waals surface area (Å²) in [4.78, 5) is 14.6. The monoisotopic (exact) mass is 298 g/mol. The molecule has 0 unspecified atom stereocenters. The summed E-state index contributed by atoms with van der Waals surface area (Å²) in [5, 5.41) is 14.6. The molecule has 22 heavy (non-hydrogen) atoms. The molecule has 0 aliphatic carbocycles. The highest BCUT2D eigenvalue weighted by molar-refractivity contribution is 5.89. The van der Waals surface area contributed by atoms with Crippen LogP contribution in [0.5, 0.6) is 0 Å². The van der Waals surface area contributed by atoms with Crippen LogP contribution < -0.4 is 10.6 Å². The van der Waals surface area contributed by atoms with E-state index in [0.29, 0.717) is 23.3 Å². The van der Waals surface area contributed by atoms with Crippen molar-refractivity contribution in [3.8, 4) is 6.07 Å². The van der Waals surface area contributed by atoms with Gasteiger partial charge in [-0.15, -0.1) is 0 Å². The molecule has 0 spiro atoms. The van der Waals surface area contributed by atoms with Crippen molar-refractivity contribution >= 4 is 11.7 Å². The molecule has 2 aliphatic heterocycles. The Morgan fingerprint density at radius 3 is 2.82 bits per heavy atom. The molecule has 2 aliphatic rings. The molecular formula is C17H22N4O. The fourth-order valence-electron chi connectivity index (χ4n) is 3.88. The Kier molecular flexibility index (Phi) is 4.30. The summed E-state index contributed by atoms with van der Waals surface area (Å²) in [5.74, 6) is 0. The van der Waals surface area contributed by atoms with Gasteiger partial charge in [-0.2, -0.15) is 5.26 Å². The van der Waals surface area contributed by atoms with Gasteiger partial charge in [-0.1, -0.05) is 6.07 Å². The molecule has 0 aromatic heterocycles. The van der Waals surface area contributed by atoms with Crippen LogP contribution in [0.2, 0.25) is 0 Å². The van der Waals surface area contributed by atoms with E-state index in [9.17, 15) is 4.79 Å². The van der Waals surface area contributed by atoms with E-state index in [2.05, 4.69) is 21.6 Å². The van der Waals surface area contributed by atoms with Gasteiger partial charge >= 0.3 is 6.03 Å². The van der Waals surface area contributed by atoms with E-state index in [4.69, 9.17) is 5.26 Å². The highest BCUT2D eigenvalue weighted by atomic mass is 16.2. The number of rotatable bonds is 4. The Morgan fingerprint density at radius 1 is 1.32 bits per heavy atom. The van der Waals surface area contributed by atoms with E-state index in [-0.39, 0.29) is 6.03 Å². The fraction of sp³-hybridized carbons (Fsp3) is 0.529. The number of hydrogen-bond acceptors (Lipinski definition) is 3. The van der Waals surface area contributed by atoms with Crippen LogP contribution in [-0.4, -0.2) is 36.1 Å². The van der Waals surface area contributed by atoms with Gasteiger partial charge in [0.15, 0.2) is 0 Å². The van der Waals surface area contributed by atoms with E-state index >= 15 is 0 Å². The molecule has 0 bridgehead atoms. The van der Waals surface area contributed by atoms with Crippen LogP contribution in [0.15, 0.2) is 24.3 Å². The molecule has 2 amide bonds. The van der Waals surface area contributed by atoms with Crippen LogP contribution in [0.1, 0.15) is 37.7 Å². The van der Waals surface area contributed by atoms with E-state index in [1.165, 1.54) is 38.8 Å². The molecule has 5 heteroatoms. The summed E-state index contributed by atoms with van der Waals surface area (Å²) in [6, 6.07) is 8.81. The maximum absolute atomic E-state index is 12.0. The summed E-state index contributed by atoms with van der Waals surface area (Å²) < 4.78 is 0. The second kappa shape index (κ2) is 6.37. The van der Waals surface area contributed by atoms with Crippen molar-refractivity contribution in [2.24, 2.45) is 0 Å². The number of urea groups is 1. The molecule has 2 saturated heterocycles. The Morgan fingerprint density at radius 2 is 2.09 bits per heavy atom. The van der Waals surface area contributed by atoms with Gasteiger partial charge < -0.3 is 10.6 Å². The van der Waals surface area contributed by atoms with Gasteiger partial charge in [0.25, 0.3) is 0 Å². The fourth-order valence-corrected chi connectivity index (χ4v) is 3.88. The second-order valence-corrected chi connectivity index (χ2v) is 6.24. The molecule has 0 atom stereocenters. The molecule has 116 valence electrons. The number of fused-ring (bicyclic) bond motifs is 1. The van der Waals surface area contributed by atoms with Gasteiger partial charge in [-0.05, 0) is 63.4 Å². The average molecular weight is 298 g/mol. The van der Waals surface area contributed by atoms with Crippen molar-refractivity contribution in [1.29, 1.82) is 5.26 Å². The molecule has 2 fully saturated rings. The largest absolute Gasteiger partial charge is 0.338 e. The third kappa shape index (κ3) is 3.07. The topological polar surface area (TPSA) is 68.2 Å². The summed E-state index contributed by atoms with van der Waals surface area (Å²) in [5.41, 5.74) is 1.54.